The van der Waals surface area contributed by atoms with Crippen LogP contribution in [0.2, 0.25) is 0 Å². The van der Waals surface area contributed by atoms with Crippen molar-refractivity contribution in [2.75, 3.05) is 0 Å². The fourth-order valence-electron chi connectivity index (χ4n) is 3.49. The molecule has 162 valence electrons. The molecule has 0 spiro atoms. The van der Waals surface area contributed by atoms with Crippen molar-refractivity contribution in [2.24, 2.45) is 0 Å². The number of carboxylic acid groups (broad SMARTS) is 1. The second-order valence-electron chi connectivity index (χ2n) is 7.90. The lowest BCUT2D eigenvalue weighted by molar-refractivity contribution is -0.132. The number of fused-ring (bicyclic) bond motifs is 1. The van der Waals surface area contributed by atoms with Crippen molar-refractivity contribution >= 4 is 18.5 Å². The van der Waals surface area contributed by atoms with Gasteiger partial charge < -0.3 is 20.1 Å². The summed E-state index contributed by atoms with van der Waals surface area (Å²) in [5.41, 5.74) is 0.850. The van der Waals surface area contributed by atoms with Crippen LogP contribution in [0.1, 0.15) is 72.7 Å². The van der Waals surface area contributed by atoms with E-state index in [0.29, 0.717) is 43.0 Å². The highest BCUT2D eigenvalue weighted by Crippen LogP contribution is 2.43. The molecule has 7 heteroatoms. The minimum Gasteiger partial charge on any atom is -0.508 e. The van der Waals surface area contributed by atoms with Crippen molar-refractivity contribution in [3.05, 3.63) is 46.1 Å². The third kappa shape index (κ3) is 5.16. The van der Waals surface area contributed by atoms with E-state index < -0.39 is 17.7 Å². The molecule has 0 saturated heterocycles. The van der Waals surface area contributed by atoms with E-state index >= 15 is 0 Å². The van der Waals surface area contributed by atoms with E-state index in [-0.39, 0.29) is 29.0 Å². The fraction of sp³-hybridized carbons (Fsp3) is 0.435. The van der Waals surface area contributed by atoms with Gasteiger partial charge in [0.2, 0.25) is 0 Å². The number of hydrogen-bond donors (Lipinski definition) is 3. The predicted molar refractivity (Wildman–Crippen MR) is 111 cm³/mol. The minimum absolute atomic E-state index is 0.0421. The molecule has 1 heterocycles. The van der Waals surface area contributed by atoms with Gasteiger partial charge in [-0.25, -0.2) is 4.79 Å². The number of ether oxygens (including phenoxy) is 1. The molecule has 2 rings (SSSR count). The number of allylic oxidation sites excluding steroid dienone is 3. The third-order valence-electron chi connectivity index (χ3n) is 5.57. The second-order valence-corrected chi connectivity index (χ2v) is 7.90. The first-order valence-corrected chi connectivity index (χ1v) is 9.85. The first-order chi connectivity index (χ1) is 14.1. The number of carboxylic acids is 1. The number of rotatable bonds is 9. The highest BCUT2D eigenvalue weighted by atomic mass is 16.5. The number of carbonyl (C=O) groups excluding carboxylic acids is 2. The summed E-state index contributed by atoms with van der Waals surface area (Å²) in [6.45, 7) is 5.25. The zero-order chi connectivity index (χ0) is 22.5. The van der Waals surface area contributed by atoms with Crippen LogP contribution in [0.5, 0.6) is 11.5 Å². The summed E-state index contributed by atoms with van der Waals surface area (Å²) in [5.74, 6) is -0.958. The number of aliphatic hydroxyl groups excluding tert-OH is 1. The maximum atomic E-state index is 11.5. The van der Waals surface area contributed by atoms with Crippen LogP contribution in [0.25, 0.3) is 0 Å². The Balaban J connectivity index is 2.12. The van der Waals surface area contributed by atoms with E-state index in [2.05, 4.69) is 0 Å². The van der Waals surface area contributed by atoms with Crippen molar-refractivity contribution in [2.45, 2.75) is 64.6 Å². The van der Waals surface area contributed by atoms with Gasteiger partial charge in [-0.15, -0.1) is 0 Å². The number of benzene rings is 1. The van der Waals surface area contributed by atoms with Crippen LogP contribution in [-0.2, 0) is 11.2 Å². The standard InChI is InChI=1S/C23H28O7/c1-14(6-4-8-15(2)22(28)29)7-5-9-23(3)20(27)11-17-19(26)10-16(12-24)18(13-25)21(17)30-23/h7-8,10,12-13,20,26-27H,4-6,9,11H2,1-3H3,(H,28,29)/b14-7+,15-8+. The van der Waals surface area contributed by atoms with E-state index in [1.54, 1.807) is 19.9 Å². The summed E-state index contributed by atoms with van der Waals surface area (Å²) < 4.78 is 5.99. The first-order valence-electron chi connectivity index (χ1n) is 9.85. The van der Waals surface area contributed by atoms with E-state index in [1.165, 1.54) is 6.07 Å². The zero-order valence-electron chi connectivity index (χ0n) is 17.5. The highest BCUT2D eigenvalue weighted by Gasteiger charge is 2.41. The summed E-state index contributed by atoms with van der Waals surface area (Å²) in [5, 5.41) is 29.7. The SMILES string of the molecule is C/C(=C\CCC1(C)Oc2c(C=O)c(C=O)cc(O)c2CC1O)CC/C=C(\C)C(=O)O. The maximum Gasteiger partial charge on any atom is 0.330 e. The number of phenolic OH excluding ortho intramolecular Hbond substituents is 1. The molecule has 0 radical (unpaired) electrons. The summed E-state index contributed by atoms with van der Waals surface area (Å²) >= 11 is 0. The quantitative estimate of drug-likeness (QED) is 0.319. The molecule has 3 N–H and O–H groups in total. The van der Waals surface area contributed by atoms with Crippen LogP contribution < -0.4 is 4.74 Å². The molecule has 0 fully saturated rings. The van der Waals surface area contributed by atoms with Gasteiger partial charge in [-0.05, 0) is 52.5 Å². The molecular formula is C23H28O7. The van der Waals surface area contributed by atoms with Crippen LogP contribution >= 0.6 is 0 Å². The molecule has 1 aliphatic heterocycles. The van der Waals surface area contributed by atoms with E-state index in [4.69, 9.17) is 9.84 Å². The number of carbonyl (C=O) groups is 3. The van der Waals surface area contributed by atoms with Gasteiger partial charge in [-0.3, -0.25) is 9.59 Å². The summed E-state index contributed by atoms with van der Waals surface area (Å²) in [4.78, 5) is 33.6. The van der Waals surface area contributed by atoms with Gasteiger partial charge in [-0.2, -0.15) is 0 Å². The van der Waals surface area contributed by atoms with Crippen molar-refractivity contribution in [1.82, 2.24) is 0 Å². The smallest absolute Gasteiger partial charge is 0.330 e. The Morgan fingerprint density at radius 1 is 1.23 bits per heavy atom. The predicted octanol–water partition coefficient (Wildman–Crippen LogP) is 3.61. The normalized spacial score (nSPS) is 21.5. The minimum atomic E-state index is -0.991. The van der Waals surface area contributed by atoms with Gasteiger partial charge in [0.15, 0.2) is 12.6 Å². The molecule has 2 atom stereocenters. The van der Waals surface area contributed by atoms with Crippen molar-refractivity contribution in [3.8, 4) is 11.5 Å². The molecule has 1 aromatic rings. The first kappa shape index (κ1) is 23.3. The molecule has 2 unspecified atom stereocenters. The van der Waals surface area contributed by atoms with Crippen molar-refractivity contribution < 1.29 is 34.4 Å². The van der Waals surface area contributed by atoms with Gasteiger partial charge in [-0.1, -0.05) is 17.7 Å². The Kier molecular flexibility index (Phi) is 7.56. The Bertz CT molecular complexity index is 897. The van der Waals surface area contributed by atoms with Crippen LogP contribution in [-0.4, -0.2) is 45.6 Å². The topological polar surface area (TPSA) is 121 Å². The van der Waals surface area contributed by atoms with Gasteiger partial charge in [0.25, 0.3) is 0 Å². The summed E-state index contributed by atoms with van der Waals surface area (Å²) in [6.07, 6.45) is 6.33. The lowest BCUT2D eigenvalue weighted by Crippen LogP contribution is -2.49. The molecule has 0 aromatic heterocycles. The molecule has 1 aromatic carbocycles. The maximum absolute atomic E-state index is 11.5. The number of aldehydes is 2. The number of aliphatic carboxylic acids is 1. The molecule has 0 bridgehead atoms. The van der Waals surface area contributed by atoms with Gasteiger partial charge >= 0.3 is 5.97 Å². The molecule has 0 aliphatic carbocycles. The molecule has 0 amide bonds. The Hall–Kier alpha value is -2.93. The lowest BCUT2D eigenvalue weighted by atomic mass is 9.84. The zero-order valence-corrected chi connectivity index (χ0v) is 17.5. The monoisotopic (exact) mass is 416 g/mol. The number of aromatic hydroxyl groups is 1. The third-order valence-corrected chi connectivity index (χ3v) is 5.57. The molecule has 30 heavy (non-hydrogen) atoms. The van der Waals surface area contributed by atoms with Crippen molar-refractivity contribution in [3.63, 3.8) is 0 Å². The van der Waals surface area contributed by atoms with E-state index in [1.807, 2.05) is 13.0 Å². The van der Waals surface area contributed by atoms with E-state index in [0.717, 1.165) is 12.0 Å². The molecular weight excluding hydrogens is 388 g/mol. The van der Waals surface area contributed by atoms with Crippen LogP contribution in [0.15, 0.2) is 29.4 Å². The van der Waals surface area contributed by atoms with E-state index in [9.17, 15) is 24.6 Å². The Morgan fingerprint density at radius 3 is 2.53 bits per heavy atom. The second kappa shape index (κ2) is 9.71. The van der Waals surface area contributed by atoms with Gasteiger partial charge in [0, 0.05) is 23.1 Å². The molecule has 0 saturated carbocycles. The number of phenols is 1. The Morgan fingerprint density at radius 2 is 1.93 bits per heavy atom. The Labute approximate surface area is 175 Å². The number of aliphatic hydroxyl groups is 1. The summed E-state index contributed by atoms with van der Waals surface area (Å²) in [6, 6.07) is 1.21. The molecule has 1 aliphatic rings. The van der Waals surface area contributed by atoms with Crippen LogP contribution in [0, 0.1) is 0 Å². The lowest BCUT2D eigenvalue weighted by Gasteiger charge is -2.40. The number of hydrogen-bond acceptors (Lipinski definition) is 6. The van der Waals surface area contributed by atoms with Crippen LogP contribution in [0.3, 0.4) is 0 Å². The van der Waals surface area contributed by atoms with Gasteiger partial charge in [0.05, 0.1) is 11.7 Å². The summed E-state index contributed by atoms with van der Waals surface area (Å²) in [7, 11) is 0. The average molecular weight is 416 g/mol. The van der Waals surface area contributed by atoms with Gasteiger partial charge in [0.1, 0.15) is 17.1 Å². The highest BCUT2D eigenvalue weighted by molar-refractivity contribution is 5.94. The van der Waals surface area contributed by atoms with Crippen LogP contribution in [0.4, 0.5) is 0 Å². The van der Waals surface area contributed by atoms with Crippen molar-refractivity contribution in [1.29, 1.82) is 0 Å². The molecule has 7 nitrogen and oxygen atoms in total. The average Bonchev–Trinajstić information content (AvgIpc) is 2.69. The fourth-order valence-corrected chi connectivity index (χ4v) is 3.49. The largest absolute Gasteiger partial charge is 0.508 e.